The molecule has 28 heavy (non-hydrogen) atoms. The number of rotatable bonds is 7. The highest BCUT2D eigenvalue weighted by Crippen LogP contribution is 2.18. The highest BCUT2D eigenvalue weighted by molar-refractivity contribution is 5.83. The van der Waals surface area contributed by atoms with Crippen LogP contribution in [0.15, 0.2) is 54.9 Å². The number of para-hydroxylation sites is 2. The molecule has 0 saturated carbocycles. The van der Waals surface area contributed by atoms with Gasteiger partial charge < -0.3 is 14.6 Å². The van der Waals surface area contributed by atoms with Gasteiger partial charge in [0.25, 0.3) is 0 Å². The Morgan fingerprint density at radius 1 is 1.14 bits per heavy atom. The Balaban J connectivity index is 1.53. The third kappa shape index (κ3) is 5.10. The van der Waals surface area contributed by atoms with Gasteiger partial charge in [0.05, 0.1) is 24.0 Å². The van der Waals surface area contributed by atoms with Crippen LogP contribution in [0.5, 0.6) is 0 Å². The molecule has 1 N–H and O–H groups in total. The number of alkyl halides is 3. The summed E-state index contributed by atoms with van der Waals surface area (Å²) in [5.74, 6) is -0.152. The van der Waals surface area contributed by atoms with Crippen LogP contribution in [0.1, 0.15) is 24.1 Å². The molecule has 8 heteroatoms. The smallest absolute Gasteiger partial charge is 0.367 e. The van der Waals surface area contributed by atoms with Crippen molar-refractivity contribution in [2.24, 2.45) is 0 Å². The van der Waals surface area contributed by atoms with Gasteiger partial charge in [0.2, 0.25) is 5.91 Å². The second-order valence-corrected chi connectivity index (χ2v) is 6.46. The van der Waals surface area contributed by atoms with Gasteiger partial charge in [-0.15, -0.1) is 0 Å². The van der Waals surface area contributed by atoms with Crippen LogP contribution in [0, 0.1) is 0 Å². The van der Waals surface area contributed by atoms with Crippen molar-refractivity contribution in [2.75, 3.05) is 6.61 Å². The molecule has 2 aromatic carbocycles. The molecule has 1 unspecified atom stereocenters. The zero-order chi connectivity index (χ0) is 20.1. The van der Waals surface area contributed by atoms with Gasteiger partial charge in [-0.25, -0.2) is 4.98 Å². The summed E-state index contributed by atoms with van der Waals surface area (Å²) in [5.41, 5.74) is 3.19. The molecule has 148 valence electrons. The highest BCUT2D eigenvalue weighted by Gasteiger charge is 2.27. The van der Waals surface area contributed by atoms with Gasteiger partial charge >= 0.3 is 6.18 Å². The molecule has 3 rings (SSSR count). The maximum absolute atomic E-state index is 12.5. The molecule has 3 aromatic rings. The number of hydrogen-bond donors (Lipinski definition) is 1. The number of imidazole rings is 1. The summed E-state index contributed by atoms with van der Waals surface area (Å²) in [4.78, 5) is 16.8. The fraction of sp³-hybridized carbons (Fsp3) is 0.300. The largest absolute Gasteiger partial charge is 0.411 e. The Morgan fingerprint density at radius 2 is 1.82 bits per heavy atom. The maximum atomic E-state index is 12.5. The predicted octanol–water partition coefficient (Wildman–Crippen LogP) is 3.99. The standard InChI is InChI=1S/C20H20F3N3O2/c1-14(26-13-25-17-4-2-3-5-18(17)26)19(27)24-10-15-6-8-16(9-7-15)11-28-12-20(21,22)23/h2-9,13-14H,10-12H2,1H3,(H,24,27). The highest BCUT2D eigenvalue weighted by atomic mass is 19.4. The molecule has 1 aromatic heterocycles. The van der Waals surface area contributed by atoms with E-state index in [1.54, 1.807) is 37.5 Å². The summed E-state index contributed by atoms with van der Waals surface area (Å²) >= 11 is 0. The first kappa shape index (κ1) is 19.9. The van der Waals surface area contributed by atoms with Crippen LogP contribution in [-0.2, 0) is 22.7 Å². The Bertz CT molecular complexity index is 936. The zero-order valence-corrected chi connectivity index (χ0v) is 15.2. The summed E-state index contributed by atoms with van der Waals surface area (Å²) < 4.78 is 42.7. The van der Waals surface area contributed by atoms with E-state index in [0.29, 0.717) is 12.1 Å². The fourth-order valence-corrected chi connectivity index (χ4v) is 2.79. The van der Waals surface area contributed by atoms with E-state index in [-0.39, 0.29) is 12.5 Å². The molecule has 0 aliphatic rings. The van der Waals surface area contributed by atoms with Crippen LogP contribution in [0.2, 0.25) is 0 Å². The first-order chi connectivity index (χ1) is 13.3. The van der Waals surface area contributed by atoms with E-state index in [9.17, 15) is 18.0 Å². The van der Waals surface area contributed by atoms with Crippen molar-refractivity contribution in [1.29, 1.82) is 0 Å². The second-order valence-electron chi connectivity index (χ2n) is 6.46. The average Bonchev–Trinajstić information content (AvgIpc) is 3.09. The fourth-order valence-electron chi connectivity index (χ4n) is 2.79. The lowest BCUT2D eigenvalue weighted by molar-refractivity contribution is -0.176. The molecule has 0 aliphatic heterocycles. The van der Waals surface area contributed by atoms with E-state index >= 15 is 0 Å². The van der Waals surface area contributed by atoms with Crippen LogP contribution in [0.4, 0.5) is 13.2 Å². The summed E-state index contributed by atoms with van der Waals surface area (Å²) in [6, 6.07) is 14.0. The molecule has 0 bridgehead atoms. The van der Waals surface area contributed by atoms with E-state index in [1.807, 2.05) is 28.8 Å². The molecule has 0 saturated heterocycles. The number of nitrogens with zero attached hydrogens (tertiary/aromatic N) is 2. The zero-order valence-electron chi connectivity index (χ0n) is 15.2. The number of amides is 1. The van der Waals surface area contributed by atoms with Crippen LogP contribution >= 0.6 is 0 Å². The van der Waals surface area contributed by atoms with E-state index in [2.05, 4.69) is 15.0 Å². The SMILES string of the molecule is CC(C(=O)NCc1ccc(COCC(F)(F)F)cc1)n1cnc2ccccc21. The van der Waals surface area contributed by atoms with Crippen molar-refractivity contribution in [3.05, 3.63) is 66.0 Å². The van der Waals surface area contributed by atoms with Crippen LogP contribution in [0.3, 0.4) is 0 Å². The second kappa shape index (κ2) is 8.43. The van der Waals surface area contributed by atoms with Gasteiger partial charge in [-0.05, 0) is 30.2 Å². The number of nitrogens with one attached hydrogen (secondary N) is 1. The monoisotopic (exact) mass is 391 g/mol. The van der Waals surface area contributed by atoms with Crippen molar-refractivity contribution >= 4 is 16.9 Å². The number of hydrogen-bond acceptors (Lipinski definition) is 3. The Hall–Kier alpha value is -2.87. The summed E-state index contributed by atoms with van der Waals surface area (Å²) in [7, 11) is 0. The topological polar surface area (TPSA) is 56.1 Å². The van der Waals surface area contributed by atoms with E-state index in [1.165, 1.54) is 0 Å². The third-order valence-electron chi connectivity index (χ3n) is 4.30. The Kier molecular flexibility index (Phi) is 5.99. The number of fused-ring (bicyclic) bond motifs is 1. The van der Waals surface area contributed by atoms with Gasteiger partial charge in [0.15, 0.2) is 0 Å². The molecular weight excluding hydrogens is 371 g/mol. The third-order valence-corrected chi connectivity index (χ3v) is 4.30. The number of ether oxygens (including phenoxy) is 1. The average molecular weight is 391 g/mol. The van der Waals surface area contributed by atoms with Crippen molar-refractivity contribution in [3.8, 4) is 0 Å². The number of halogens is 3. The van der Waals surface area contributed by atoms with Crippen LogP contribution in [-0.4, -0.2) is 28.2 Å². The summed E-state index contributed by atoms with van der Waals surface area (Å²) in [6.07, 6.45) is -2.69. The van der Waals surface area contributed by atoms with Gasteiger partial charge in [0, 0.05) is 6.54 Å². The molecule has 0 fully saturated rings. The Labute approximate surface area is 160 Å². The van der Waals surface area contributed by atoms with Gasteiger partial charge in [-0.2, -0.15) is 13.2 Å². The molecular formula is C20H20F3N3O2. The molecule has 1 amide bonds. The summed E-state index contributed by atoms with van der Waals surface area (Å²) in [6.45, 7) is 0.729. The van der Waals surface area contributed by atoms with Crippen molar-refractivity contribution in [3.63, 3.8) is 0 Å². The van der Waals surface area contributed by atoms with Gasteiger partial charge in [0.1, 0.15) is 12.6 Å². The lowest BCUT2D eigenvalue weighted by Gasteiger charge is -2.15. The first-order valence-electron chi connectivity index (χ1n) is 8.75. The van der Waals surface area contributed by atoms with E-state index in [4.69, 9.17) is 0 Å². The van der Waals surface area contributed by atoms with E-state index in [0.717, 1.165) is 16.6 Å². The van der Waals surface area contributed by atoms with Gasteiger partial charge in [-0.3, -0.25) is 4.79 Å². The normalized spacial score (nSPS) is 12.9. The Morgan fingerprint density at radius 3 is 2.54 bits per heavy atom. The minimum atomic E-state index is -4.33. The first-order valence-corrected chi connectivity index (χ1v) is 8.75. The van der Waals surface area contributed by atoms with Crippen LogP contribution < -0.4 is 5.32 Å². The van der Waals surface area contributed by atoms with Crippen molar-refractivity contribution in [1.82, 2.24) is 14.9 Å². The number of carbonyl (C=O) groups excluding carboxylic acids is 1. The van der Waals surface area contributed by atoms with Crippen molar-refractivity contribution in [2.45, 2.75) is 32.3 Å². The molecule has 0 aliphatic carbocycles. The molecule has 0 spiro atoms. The lowest BCUT2D eigenvalue weighted by Crippen LogP contribution is -2.30. The molecule has 1 atom stereocenters. The number of carbonyl (C=O) groups is 1. The van der Waals surface area contributed by atoms with Crippen molar-refractivity contribution < 1.29 is 22.7 Å². The number of benzene rings is 2. The summed E-state index contributed by atoms with van der Waals surface area (Å²) in [5, 5.41) is 2.87. The molecule has 1 heterocycles. The lowest BCUT2D eigenvalue weighted by atomic mass is 10.1. The number of aromatic nitrogens is 2. The van der Waals surface area contributed by atoms with E-state index < -0.39 is 18.8 Å². The molecule has 5 nitrogen and oxygen atoms in total. The quantitative estimate of drug-likeness (QED) is 0.663. The van der Waals surface area contributed by atoms with Gasteiger partial charge in [-0.1, -0.05) is 36.4 Å². The predicted molar refractivity (Wildman–Crippen MR) is 98.4 cm³/mol. The maximum Gasteiger partial charge on any atom is 0.411 e. The minimum absolute atomic E-state index is 0.114. The minimum Gasteiger partial charge on any atom is -0.367 e. The van der Waals surface area contributed by atoms with Crippen LogP contribution in [0.25, 0.3) is 11.0 Å². The molecule has 0 radical (unpaired) electrons.